The van der Waals surface area contributed by atoms with E-state index in [2.05, 4.69) is 41.3 Å². The third-order valence-electron chi connectivity index (χ3n) is 4.96. The minimum atomic E-state index is -0.400. The van der Waals surface area contributed by atoms with Gasteiger partial charge < -0.3 is 15.2 Å². The van der Waals surface area contributed by atoms with E-state index >= 15 is 0 Å². The largest absolute Gasteiger partial charge is 0.342 e. The number of allylic oxidation sites excluding steroid dienone is 1. The van der Waals surface area contributed by atoms with Crippen molar-refractivity contribution in [2.24, 2.45) is 5.92 Å². The molecule has 0 bridgehead atoms. The molecule has 0 aliphatic carbocycles. The van der Waals surface area contributed by atoms with Gasteiger partial charge in [-0.1, -0.05) is 67.0 Å². The van der Waals surface area contributed by atoms with E-state index in [-0.39, 0.29) is 23.5 Å². The number of nitrogens with one attached hydrogen (secondary N) is 2. The van der Waals surface area contributed by atoms with Crippen LogP contribution in [0.3, 0.4) is 0 Å². The summed E-state index contributed by atoms with van der Waals surface area (Å²) in [6.07, 6.45) is 2.38. The Morgan fingerprint density at radius 1 is 1.11 bits per heavy atom. The van der Waals surface area contributed by atoms with Crippen molar-refractivity contribution >= 4 is 52.5 Å². The number of thioether (sulfide) groups is 1. The Labute approximate surface area is 219 Å². The molecule has 7 nitrogen and oxygen atoms in total. The molecule has 1 atom stereocenters. The highest BCUT2D eigenvalue weighted by molar-refractivity contribution is 7.99. The van der Waals surface area contributed by atoms with Crippen LogP contribution in [0.15, 0.2) is 66.3 Å². The van der Waals surface area contributed by atoms with Crippen LogP contribution in [-0.4, -0.2) is 32.3 Å². The Bertz CT molecular complexity index is 1180. The number of carbonyl (C=O) groups is 2. The average Bonchev–Trinajstić information content (AvgIpc) is 3.21. The number of halogens is 2. The molecule has 35 heavy (non-hydrogen) atoms. The molecule has 3 rings (SSSR count). The Hall–Kier alpha value is -2.81. The number of hydrogen-bond donors (Lipinski definition) is 2. The third-order valence-corrected chi connectivity index (χ3v) is 6.51. The molecule has 3 aromatic rings. The molecule has 10 heteroatoms. The van der Waals surface area contributed by atoms with Gasteiger partial charge in [-0.3, -0.25) is 9.59 Å². The molecule has 0 saturated heterocycles. The lowest BCUT2D eigenvalue weighted by atomic mass is 10.0. The van der Waals surface area contributed by atoms with E-state index in [1.54, 1.807) is 54.6 Å². The van der Waals surface area contributed by atoms with Gasteiger partial charge >= 0.3 is 0 Å². The molecule has 0 radical (unpaired) electrons. The molecule has 1 aromatic heterocycles. The second-order valence-electron chi connectivity index (χ2n) is 8.22. The molecule has 0 fully saturated rings. The minimum absolute atomic E-state index is 0.138. The summed E-state index contributed by atoms with van der Waals surface area (Å²) in [5.41, 5.74) is 1.05. The van der Waals surface area contributed by atoms with Crippen molar-refractivity contribution in [3.8, 4) is 0 Å². The number of anilines is 1. The summed E-state index contributed by atoms with van der Waals surface area (Å²) in [6, 6.07) is 13.4. The number of benzene rings is 2. The fourth-order valence-corrected chi connectivity index (χ4v) is 4.51. The van der Waals surface area contributed by atoms with Crippen LogP contribution in [0.5, 0.6) is 0 Å². The Morgan fingerprint density at radius 2 is 1.83 bits per heavy atom. The molecular weight excluding hydrogens is 505 g/mol. The first kappa shape index (κ1) is 26.8. The maximum Gasteiger partial charge on any atom is 0.253 e. The second-order valence-corrected chi connectivity index (χ2v) is 10.0. The summed E-state index contributed by atoms with van der Waals surface area (Å²) in [7, 11) is 0. The van der Waals surface area contributed by atoms with Crippen molar-refractivity contribution in [3.63, 3.8) is 0 Å². The number of hydrogen-bond acceptors (Lipinski definition) is 5. The Kier molecular flexibility index (Phi) is 9.77. The monoisotopic (exact) mass is 531 g/mol. The molecule has 0 saturated carbocycles. The summed E-state index contributed by atoms with van der Waals surface area (Å²) >= 11 is 13.4. The van der Waals surface area contributed by atoms with Crippen LogP contribution < -0.4 is 10.6 Å². The standard InChI is InChI=1S/C25H27Cl2N5O2S/c1-4-13-32-23(21(14-16(2)3)29-24(34)19-7-5-6-8-20(19)27)30-31-25(32)35-15-22(33)28-18-11-9-17(26)10-12-18/h4-12,16,21H,1,13-15H2,2-3H3,(H,28,33)(H,29,34)/t21-/m1/s1. The summed E-state index contributed by atoms with van der Waals surface area (Å²) < 4.78 is 1.87. The van der Waals surface area contributed by atoms with E-state index in [9.17, 15) is 9.59 Å². The molecule has 2 N–H and O–H groups in total. The highest BCUT2D eigenvalue weighted by atomic mass is 35.5. The number of amides is 2. The van der Waals surface area contributed by atoms with Gasteiger partial charge in [-0.2, -0.15) is 0 Å². The molecule has 2 aromatic carbocycles. The zero-order chi connectivity index (χ0) is 25.4. The molecule has 0 unspecified atom stereocenters. The van der Waals surface area contributed by atoms with Gasteiger partial charge in [0.05, 0.1) is 22.4 Å². The van der Waals surface area contributed by atoms with E-state index in [0.29, 0.717) is 45.2 Å². The number of rotatable bonds is 11. The summed E-state index contributed by atoms with van der Waals surface area (Å²) in [6.45, 7) is 8.40. The first-order valence-corrected chi connectivity index (χ1v) is 12.8. The molecule has 184 valence electrons. The van der Waals surface area contributed by atoms with Crippen LogP contribution in [0.2, 0.25) is 10.0 Å². The second kappa shape index (κ2) is 12.8. The van der Waals surface area contributed by atoms with Crippen molar-refractivity contribution in [2.75, 3.05) is 11.1 Å². The molecule has 0 aliphatic heterocycles. The first-order valence-electron chi connectivity index (χ1n) is 11.1. The smallest absolute Gasteiger partial charge is 0.253 e. The van der Waals surface area contributed by atoms with Crippen LogP contribution in [0.1, 0.15) is 42.5 Å². The van der Waals surface area contributed by atoms with Crippen LogP contribution in [0, 0.1) is 5.92 Å². The fraction of sp³-hybridized carbons (Fsp3) is 0.280. The molecule has 0 aliphatic rings. The normalized spacial score (nSPS) is 11.8. The zero-order valence-electron chi connectivity index (χ0n) is 19.5. The Balaban J connectivity index is 1.77. The van der Waals surface area contributed by atoms with E-state index in [4.69, 9.17) is 23.2 Å². The van der Waals surface area contributed by atoms with Gasteiger partial charge in [0.25, 0.3) is 5.91 Å². The molecule has 0 spiro atoms. The van der Waals surface area contributed by atoms with Gasteiger partial charge in [-0.25, -0.2) is 0 Å². The lowest BCUT2D eigenvalue weighted by molar-refractivity contribution is -0.113. The number of nitrogens with zero attached hydrogens (tertiary/aromatic N) is 3. The van der Waals surface area contributed by atoms with Gasteiger partial charge in [-0.05, 0) is 48.7 Å². The molecular formula is C25H27Cl2N5O2S. The fourth-order valence-electron chi connectivity index (χ4n) is 3.41. The molecule has 1 heterocycles. The highest BCUT2D eigenvalue weighted by Gasteiger charge is 2.25. The lowest BCUT2D eigenvalue weighted by Crippen LogP contribution is -2.32. The zero-order valence-corrected chi connectivity index (χ0v) is 21.8. The van der Waals surface area contributed by atoms with Crippen LogP contribution in [0.4, 0.5) is 5.69 Å². The van der Waals surface area contributed by atoms with Gasteiger partial charge in [0.1, 0.15) is 0 Å². The van der Waals surface area contributed by atoms with Gasteiger partial charge in [0, 0.05) is 17.3 Å². The van der Waals surface area contributed by atoms with Crippen molar-refractivity contribution in [1.29, 1.82) is 0 Å². The topological polar surface area (TPSA) is 88.9 Å². The predicted molar refractivity (Wildman–Crippen MR) is 142 cm³/mol. The van der Waals surface area contributed by atoms with E-state index in [1.807, 2.05) is 4.57 Å². The maximum atomic E-state index is 13.0. The molecule has 2 amide bonds. The quantitative estimate of drug-likeness (QED) is 0.233. The van der Waals surface area contributed by atoms with Crippen LogP contribution in [0.25, 0.3) is 0 Å². The van der Waals surface area contributed by atoms with Crippen molar-refractivity contribution in [2.45, 2.75) is 38.0 Å². The highest BCUT2D eigenvalue weighted by Crippen LogP contribution is 2.26. The number of aromatic nitrogens is 3. The van der Waals surface area contributed by atoms with Crippen molar-refractivity contribution < 1.29 is 9.59 Å². The summed E-state index contributed by atoms with van der Waals surface area (Å²) in [5, 5.41) is 16.1. The summed E-state index contributed by atoms with van der Waals surface area (Å²) in [5.74, 6) is 0.545. The average molecular weight is 532 g/mol. The minimum Gasteiger partial charge on any atom is -0.342 e. The van der Waals surface area contributed by atoms with Crippen molar-refractivity contribution in [3.05, 3.63) is 82.6 Å². The van der Waals surface area contributed by atoms with Crippen molar-refractivity contribution in [1.82, 2.24) is 20.1 Å². The summed E-state index contributed by atoms with van der Waals surface area (Å²) in [4.78, 5) is 25.4. The predicted octanol–water partition coefficient (Wildman–Crippen LogP) is 6.02. The van der Waals surface area contributed by atoms with Gasteiger partial charge in [0.2, 0.25) is 5.91 Å². The van der Waals surface area contributed by atoms with E-state index in [0.717, 1.165) is 0 Å². The van der Waals surface area contributed by atoms with Gasteiger partial charge in [-0.15, -0.1) is 16.8 Å². The third kappa shape index (κ3) is 7.59. The van der Waals surface area contributed by atoms with E-state index in [1.165, 1.54) is 11.8 Å². The lowest BCUT2D eigenvalue weighted by Gasteiger charge is -2.21. The van der Waals surface area contributed by atoms with E-state index < -0.39 is 6.04 Å². The van der Waals surface area contributed by atoms with Crippen LogP contribution >= 0.6 is 35.0 Å². The first-order chi connectivity index (χ1) is 16.8. The SMILES string of the molecule is C=CCn1c(SCC(=O)Nc2ccc(Cl)cc2)nnc1[C@@H](CC(C)C)NC(=O)c1ccccc1Cl. The number of carbonyl (C=O) groups excluding carboxylic acids is 2. The van der Waals surface area contributed by atoms with Gasteiger partial charge in [0.15, 0.2) is 11.0 Å². The van der Waals surface area contributed by atoms with Crippen LogP contribution in [-0.2, 0) is 11.3 Å². The Morgan fingerprint density at radius 3 is 2.49 bits per heavy atom. The maximum absolute atomic E-state index is 13.0.